The summed E-state index contributed by atoms with van der Waals surface area (Å²) in [5.41, 5.74) is 6.53. The van der Waals surface area contributed by atoms with Gasteiger partial charge in [0.05, 0.1) is 53.1 Å². The number of ketones is 4. The Hall–Kier alpha value is -9.59. The van der Waals surface area contributed by atoms with Crippen LogP contribution in [0.3, 0.4) is 0 Å². The van der Waals surface area contributed by atoms with Crippen molar-refractivity contribution < 1.29 is 59.0 Å². The number of benzene rings is 4. The Morgan fingerprint density at radius 2 is 0.604 bits per heavy atom. The third kappa shape index (κ3) is 14.7. The average Bonchev–Trinajstić information content (AvgIpc) is 1.55. The molecule has 134 heavy (non-hydrogen) atoms. The van der Waals surface area contributed by atoms with Crippen molar-refractivity contribution in [1.82, 2.24) is 60.0 Å². The lowest BCUT2D eigenvalue weighted by Gasteiger charge is -2.57. The number of rotatable bonds is 9. The second-order valence-electron chi connectivity index (χ2n) is 45.4. The molecule has 12 saturated carbocycles. The van der Waals surface area contributed by atoms with E-state index in [4.69, 9.17) is 16.7 Å². The van der Waals surface area contributed by atoms with Crippen molar-refractivity contribution in [3.63, 3.8) is 0 Å². The number of aliphatic hydroxyl groups is 4. The Morgan fingerprint density at radius 1 is 0.358 bits per heavy atom. The predicted octanol–water partition coefficient (Wildman–Crippen LogP) is 19.6. The van der Waals surface area contributed by atoms with Crippen LogP contribution in [0.2, 0.25) is 5.02 Å². The number of fused-ring (bicyclic) bond motifs is 20. The highest BCUT2D eigenvalue weighted by Gasteiger charge is 2.70. The van der Waals surface area contributed by atoms with Gasteiger partial charge in [0, 0.05) is 52.4 Å². The maximum absolute atomic E-state index is 13.3. The van der Waals surface area contributed by atoms with Crippen LogP contribution in [-0.4, -0.2) is 120 Å². The van der Waals surface area contributed by atoms with Gasteiger partial charge in [-0.25, -0.2) is 27.9 Å². The maximum atomic E-state index is 13.3. The summed E-state index contributed by atoms with van der Waals surface area (Å²) in [6.07, 6.45) is 41.2. The van der Waals surface area contributed by atoms with Gasteiger partial charge in [-0.3, -0.25) is 19.2 Å². The number of hydrogen-bond donors (Lipinski definition) is 6. The monoisotopic (exact) mass is 1840 g/mol. The minimum Gasteiger partial charge on any atom is -0.508 e. The number of carbonyl (C=O) groups excluding carboxylic acids is 4. The zero-order chi connectivity index (χ0) is 93.4. The maximum Gasteiger partial charge on any atom is 0.335 e. The van der Waals surface area contributed by atoms with E-state index in [1.165, 1.54) is 34.4 Å². The molecule has 0 aliphatic heterocycles. The molecular weight excluding hydrogens is 1710 g/mol. The summed E-state index contributed by atoms with van der Waals surface area (Å²) >= 11 is 6.04. The largest absolute Gasteiger partial charge is 0.508 e. The molecule has 4 aromatic heterocycles. The molecule has 0 radical (unpaired) electrons. The van der Waals surface area contributed by atoms with E-state index in [2.05, 4.69) is 96.6 Å². The molecule has 4 heterocycles. The lowest BCUT2D eigenvalue weighted by Crippen LogP contribution is -2.53. The van der Waals surface area contributed by atoms with Crippen LogP contribution in [-0.2, 0) is 41.6 Å². The Kier molecular flexibility index (Phi) is 23.0. The number of phenolic OH excluding ortho intramolecular Hbond substituents is 1. The van der Waals surface area contributed by atoms with Gasteiger partial charge < -0.3 is 30.6 Å². The standard InChI is InChI=1S/C28H33N3O4.C27H32ClN3O2.C27H32FN3O2.C27H33N3O3/c1-16-13-18-14-20(32)7-8-21(18)22-9-11-27(2)23(25(16)22)10-12-28(27,35)24-15-31(30-29-24)19-5-3-17(4-6-19)26(33)34;2*1-16-13-17-14-20(32)7-8-21(17)22-9-11-26(2)23(25(16)22)10-12-27(26,33)24-15-31(30-29-24)19-5-3-18(28)4-6-19;1-16-13-17-14-20(32)7-8-21(17)22-9-11-26(2)23(25(16)22)10-12-27(26,33)24-15-30(29-28-24)18-3-5-19(31)6-4-18/h3-6,14-16,21-23,25,35H,7-13H2,1-2H3,(H,33,34);2*3-6,14-16,21-23,25,33H,7-13H2,1-2H3;3-6,14-16,21-23,25,31,33H,7-13H2,1-2H3/t16-,21?,22?,23?,25?,27+,28-;3*16-,21?,22?,23?,25?,26+,27-/m1111/s1. The van der Waals surface area contributed by atoms with Gasteiger partial charge >= 0.3 is 5.97 Å². The molecular formula is C109H130ClFN12O11. The topological polar surface area (TPSA) is 330 Å². The van der Waals surface area contributed by atoms with Crippen molar-refractivity contribution in [3.05, 3.63) is 208 Å². The van der Waals surface area contributed by atoms with Crippen LogP contribution in [0.15, 0.2) is 168 Å². The molecule has 16 aliphatic carbocycles. The smallest absolute Gasteiger partial charge is 0.335 e. The highest BCUT2D eigenvalue weighted by atomic mass is 35.5. The van der Waals surface area contributed by atoms with Gasteiger partial charge in [0.1, 0.15) is 56.7 Å². The van der Waals surface area contributed by atoms with E-state index < -0.39 is 28.4 Å². The van der Waals surface area contributed by atoms with Crippen LogP contribution < -0.4 is 0 Å². The number of nitrogens with zero attached hydrogens (tertiary/aromatic N) is 12. The Morgan fingerprint density at radius 3 is 0.866 bits per heavy atom. The SMILES string of the molecule is C[C@@H]1CC2=CC(=O)CCC2C2CC[C@@]3(C)C(CC[C@@]3(O)c3cn(-c4ccc(C(=O)O)cc4)nn3)C21.C[C@@H]1CC2=CC(=O)CCC2C2CC[C@@]3(C)C(CC[C@@]3(O)c3cn(-c4ccc(Cl)cc4)nn3)C21.C[C@@H]1CC2=CC(=O)CCC2C2CC[C@@]3(C)C(CC[C@@]3(O)c3cn(-c4ccc(F)cc4)nn3)C21.C[C@@H]1CC2=CC(=O)CCC2C2CC[C@@]3(C)C(CC[C@@]3(O)c3cn(-c4ccc(O)cc4)nn3)C21. The molecule has 12 fully saturated rings. The quantitative estimate of drug-likeness (QED) is 0.0782. The third-order valence-corrected chi connectivity index (χ3v) is 39.8. The van der Waals surface area contributed by atoms with E-state index in [-0.39, 0.29) is 38.8 Å². The van der Waals surface area contributed by atoms with E-state index in [1.54, 1.807) is 79.4 Å². The molecule has 28 atom stereocenters. The van der Waals surface area contributed by atoms with Crippen molar-refractivity contribution in [1.29, 1.82) is 0 Å². The van der Waals surface area contributed by atoms with Crippen molar-refractivity contribution in [3.8, 4) is 28.5 Å². The molecule has 16 unspecified atom stereocenters. The van der Waals surface area contributed by atoms with Gasteiger partial charge in [0.25, 0.3) is 0 Å². The van der Waals surface area contributed by atoms with Crippen molar-refractivity contribution in [2.75, 3.05) is 0 Å². The normalized spacial score (nSPS) is 39.6. The minimum absolute atomic E-state index is 0.211. The third-order valence-electron chi connectivity index (χ3n) is 39.5. The van der Waals surface area contributed by atoms with E-state index >= 15 is 0 Å². The fourth-order valence-electron chi connectivity index (χ4n) is 33.0. The number of carbonyl (C=O) groups is 5. The first kappa shape index (κ1) is 90.9. The number of halogens is 2. The van der Waals surface area contributed by atoms with Gasteiger partial charge in [-0.05, 0) is 394 Å². The Labute approximate surface area is 788 Å². The van der Waals surface area contributed by atoms with Gasteiger partial charge in [-0.15, -0.1) is 20.4 Å². The van der Waals surface area contributed by atoms with E-state index in [1.807, 2.05) is 73.4 Å². The summed E-state index contributed by atoms with van der Waals surface area (Å²) in [6, 6.07) is 27.0. The molecule has 24 rings (SSSR count). The molecule has 6 N–H and O–H groups in total. The first-order valence-corrected chi connectivity index (χ1v) is 50.7. The van der Waals surface area contributed by atoms with Crippen LogP contribution in [0.4, 0.5) is 4.39 Å². The fourth-order valence-corrected chi connectivity index (χ4v) is 33.1. The van der Waals surface area contributed by atoms with Crippen molar-refractivity contribution >= 4 is 40.7 Å². The number of aromatic carboxylic acids is 1. The van der Waals surface area contributed by atoms with Gasteiger partial charge in [-0.1, -0.05) is 110 Å². The van der Waals surface area contributed by atoms with E-state index in [0.29, 0.717) is 220 Å². The number of aromatic nitrogens is 12. The fraction of sp³-hybridized carbons (Fsp3) is 0.587. The van der Waals surface area contributed by atoms with Crippen LogP contribution in [0.25, 0.3) is 22.7 Å². The lowest BCUT2D eigenvalue weighted by molar-refractivity contribution is -0.134. The number of carboxylic acids is 1. The van der Waals surface area contributed by atoms with E-state index in [9.17, 15) is 53.9 Å². The van der Waals surface area contributed by atoms with E-state index in [0.717, 1.165) is 152 Å². The molecule has 0 bridgehead atoms. The molecule has 706 valence electrons. The second kappa shape index (κ2) is 33.9. The minimum atomic E-state index is -1.04. The lowest BCUT2D eigenvalue weighted by atomic mass is 9.48. The van der Waals surface area contributed by atoms with Gasteiger partial charge in [0.15, 0.2) is 23.1 Å². The number of hydrogen-bond acceptors (Lipinski definition) is 18. The Bertz CT molecular complexity index is 5620. The highest BCUT2D eigenvalue weighted by Crippen LogP contribution is 2.74. The second-order valence-corrected chi connectivity index (χ2v) is 45.8. The molecule has 0 saturated heterocycles. The van der Waals surface area contributed by atoms with Crippen LogP contribution >= 0.6 is 11.6 Å². The van der Waals surface area contributed by atoms with Crippen LogP contribution in [0, 0.1) is 146 Å². The van der Waals surface area contributed by atoms with Crippen LogP contribution in [0.5, 0.6) is 5.75 Å². The summed E-state index contributed by atoms with van der Waals surface area (Å²) in [7, 11) is 0. The molecule has 0 spiro atoms. The molecule has 0 amide bonds. The summed E-state index contributed by atoms with van der Waals surface area (Å²) in [6.45, 7) is 18.5. The van der Waals surface area contributed by atoms with Crippen molar-refractivity contribution in [2.45, 2.75) is 258 Å². The molecule has 4 aromatic carbocycles. The van der Waals surface area contributed by atoms with Gasteiger partial charge in [0.2, 0.25) is 0 Å². The number of phenols is 1. The number of allylic oxidation sites excluding steroid dienone is 4. The number of aromatic hydroxyl groups is 1. The number of carboxylic acid groups (broad SMARTS) is 1. The Balaban J connectivity index is 0.000000107. The summed E-state index contributed by atoms with van der Waals surface area (Å²) < 4.78 is 20.0. The average molecular weight is 1840 g/mol. The summed E-state index contributed by atoms with van der Waals surface area (Å²) in [5.74, 6) is 11.0. The first-order valence-electron chi connectivity index (χ1n) is 50.3. The highest BCUT2D eigenvalue weighted by molar-refractivity contribution is 6.30. The summed E-state index contributed by atoms with van der Waals surface area (Å²) in [4.78, 5) is 59.4. The van der Waals surface area contributed by atoms with Gasteiger partial charge in [-0.2, -0.15) is 0 Å². The molecule has 25 heteroatoms. The molecule has 8 aromatic rings. The van der Waals surface area contributed by atoms with Crippen molar-refractivity contribution in [2.24, 2.45) is 140 Å². The zero-order valence-corrected chi connectivity index (χ0v) is 79.3. The molecule has 23 nitrogen and oxygen atoms in total. The van der Waals surface area contributed by atoms with Crippen LogP contribution in [0.1, 0.15) is 268 Å². The summed E-state index contributed by atoms with van der Waals surface area (Å²) in [5, 5.41) is 103. The zero-order valence-electron chi connectivity index (χ0n) is 78.5. The molecule has 16 aliphatic rings. The predicted molar refractivity (Wildman–Crippen MR) is 501 cm³/mol. The first-order chi connectivity index (χ1) is 64.1.